The molecule has 480 valence electrons. The third-order valence-electron chi connectivity index (χ3n) is 18.0. The van der Waals surface area contributed by atoms with E-state index in [1.807, 2.05) is 25.4 Å². The number of carboxylic acid groups (broad SMARTS) is 2. The monoisotopic (exact) mass is 1300 g/mol. The van der Waals surface area contributed by atoms with Crippen LogP contribution in [0.15, 0.2) is 49.1 Å². The van der Waals surface area contributed by atoms with Gasteiger partial charge in [-0.25, -0.2) is 0 Å². The van der Waals surface area contributed by atoms with Gasteiger partial charge in [0.05, 0.1) is 37.1 Å². The molecule has 0 aromatic carbocycles. The summed E-state index contributed by atoms with van der Waals surface area (Å²) >= 11 is 0. The standard InChI is InChI=1S/C31H49N3O3.C12H18N2O.2C7H14NO2P.C6H7NO2.2Fe/c1-8-19(3)21(5)31(7,20(4)9-2)27-16-24(17-29(36)37)30(34-27)26-15-25(22(6)33-26)18-32-28(35)14-23-12-10-11-13-23;15-12(7-10-3-1-2-4-10)14-9-11-5-6-13-8-11;2*9-7(10-8-11)5-6-3-1-2-4-6;8-6(9)3-5-1-2-7-4-5;;/h15-16,19-21,23,33-34H,8-14,17-18H2,1-7H3,(H,32,35)(H,36,37);5-6,8,10,13H,1-4,7,9H2,(H,14,15);2*6,8H,1-5,11H2;1-2,4,7H,3H2,(H,8,9);;. The van der Waals surface area contributed by atoms with E-state index in [-0.39, 0.29) is 76.1 Å². The van der Waals surface area contributed by atoms with E-state index in [1.165, 1.54) is 89.9 Å². The molecule has 0 bridgehead atoms. The number of aliphatic carboxylic acids is 2. The number of carbonyl (C=O) groups excluding carboxylic acids is 4. The zero-order valence-electron chi connectivity index (χ0n) is 51.6. The molecule has 4 aromatic heterocycles. The fraction of sp³-hybridized carbons (Fsp3) is 0.651. The average Bonchev–Trinajstić information content (AvgIpc) is 3.33. The van der Waals surface area contributed by atoms with E-state index in [0.29, 0.717) is 80.2 Å². The third kappa shape index (κ3) is 27.8. The summed E-state index contributed by atoms with van der Waals surface area (Å²) in [5, 5.41) is 28.6. The molecule has 0 aliphatic heterocycles. The van der Waals surface area contributed by atoms with Gasteiger partial charge in [0.2, 0.25) is 11.8 Å². The molecule has 0 radical (unpaired) electrons. The van der Waals surface area contributed by atoms with Crippen LogP contribution in [0.5, 0.6) is 0 Å². The number of amides is 2. The number of aryl methyl sites for hydroxylation is 1. The summed E-state index contributed by atoms with van der Waals surface area (Å²) in [5.41, 5.74) is 7.48. The number of carbonyl (C=O) groups is 6. The van der Waals surface area contributed by atoms with Gasteiger partial charge in [-0.15, -0.1) is 10.5 Å². The van der Waals surface area contributed by atoms with E-state index in [4.69, 9.17) is 5.11 Å². The molecule has 4 aromatic rings. The molecule has 4 heterocycles. The Labute approximate surface area is 531 Å². The van der Waals surface area contributed by atoms with Crippen molar-refractivity contribution >= 4 is 54.5 Å². The molecule has 2 amide bonds. The minimum atomic E-state index is -0.838. The maximum absolute atomic E-state index is 12.5. The Morgan fingerprint density at radius 2 is 1.05 bits per heavy atom. The van der Waals surface area contributed by atoms with Gasteiger partial charge in [0.1, 0.15) is 0 Å². The SMILES string of the molecule is CCC(C)C(C)C(C)(c1cc(CC(=O)O)c(-c2cc(CNC(=O)CC3CCCC3)c(C)[nH]2)[nH]1)C(C)CC.O=C(CC1CCCC1)NCc1cc[nH]c1.O=C(CC1CCCC1)ONP.O=C(CC1CCCC1)ONP.O=C(O)Cc1cc[nH]c1.[Fe].[Fe]. The van der Waals surface area contributed by atoms with Crippen LogP contribution in [0, 0.1) is 48.3 Å². The molecule has 6 unspecified atom stereocenters. The van der Waals surface area contributed by atoms with Gasteiger partial charge in [0, 0.05) is 102 Å². The summed E-state index contributed by atoms with van der Waals surface area (Å²) in [4.78, 5) is 89.8. The van der Waals surface area contributed by atoms with Crippen molar-refractivity contribution in [2.75, 3.05) is 0 Å². The zero-order chi connectivity index (χ0) is 60.7. The number of hydrogen-bond acceptors (Lipinski definition) is 10. The predicted molar refractivity (Wildman–Crippen MR) is 333 cm³/mol. The van der Waals surface area contributed by atoms with Crippen LogP contribution in [0.4, 0.5) is 0 Å². The number of aromatic amines is 4. The first-order valence-electron chi connectivity index (χ1n) is 30.7. The molecule has 18 nitrogen and oxygen atoms in total. The summed E-state index contributed by atoms with van der Waals surface area (Å²) in [7, 11) is 4.28. The summed E-state index contributed by atoms with van der Waals surface area (Å²) in [5.74, 6) is 2.08. The molecule has 0 saturated heterocycles. The molecule has 10 N–H and O–H groups in total. The Morgan fingerprint density at radius 1 is 0.612 bits per heavy atom. The smallest absolute Gasteiger partial charge is 0.325 e. The normalized spacial score (nSPS) is 16.8. The second kappa shape index (κ2) is 41.8. The van der Waals surface area contributed by atoms with Crippen LogP contribution in [-0.4, -0.2) is 65.8 Å². The molecule has 6 atom stereocenters. The molecule has 4 saturated carbocycles. The molecule has 0 spiro atoms. The van der Waals surface area contributed by atoms with Gasteiger partial charge in [0.25, 0.3) is 0 Å². The quantitative estimate of drug-likeness (QED) is 0.0169. The maximum atomic E-state index is 12.5. The van der Waals surface area contributed by atoms with Crippen LogP contribution in [0.2, 0.25) is 0 Å². The average molecular weight is 1310 g/mol. The van der Waals surface area contributed by atoms with Gasteiger partial charge >= 0.3 is 23.9 Å². The van der Waals surface area contributed by atoms with E-state index in [1.54, 1.807) is 18.5 Å². The first-order chi connectivity index (χ1) is 39.8. The largest absolute Gasteiger partial charge is 0.481 e. The second-order valence-electron chi connectivity index (χ2n) is 23.9. The van der Waals surface area contributed by atoms with Gasteiger partial charge in [-0.3, -0.25) is 28.8 Å². The van der Waals surface area contributed by atoms with E-state index >= 15 is 0 Å². The first-order valence-corrected chi connectivity index (χ1v) is 31.9. The van der Waals surface area contributed by atoms with Crippen LogP contribution < -0.4 is 21.1 Å². The van der Waals surface area contributed by atoms with E-state index < -0.39 is 11.9 Å². The van der Waals surface area contributed by atoms with Crippen LogP contribution in [0.25, 0.3) is 11.4 Å². The number of H-pyrrole nitrogens is 4. The Bertz CT molecular complexity index is 2490. The van der Waals surface area contributed by atoms with Gasteiger partial charge in [-0.2, -0.15) is 0 Å². The van der Waals surface area contributed by atoms with E-state index in [0.717, 1.165) is 70.7 Å². The number of aromatic nitrogens is 4. The molecule has 85 heavy (non-hydrogen) atoms. The molecule has 8 rings (SSSR count). The van der Waals surface area contributed by atoms with E-state index in [9.17, 15) is 33.9 Å². The third-order valence-corrected chi connectivity index (χ3v) is 18.3. The molecule has 4 aliphatic rings. The molecular weight excluding hydrogens is 1200 g/mol. The van der Waals surface area contributed by atoms with Crippen molar-refractivity contribution in [3.8, 4) is 11.4 Å². The zero-order valence-corrected chi connectivity index (χ0v) is 56.1. The fourth-order valence-electron chi connectivity index (χ4n) is 12.3. The van der Waals surface area contributed by atoms with Crippen LogP contribution in [0.1, 0.15) is 216 Å². The number of rotatable bonds is 25. The Morgan fingerprint density at radius 3 is 1.45 bits per heavy atom. The topological polar surface area (TPSA) is 273 Å². The maximum Gasteiger partial charge on any atom is 0.325 e. The van der Waals surface area contributed by atoms with Crippen LogP contribution in [0.3, 0.4) is 0 Å². The Hall–Kier alpha value is -4.24. The number of nitrogens with one attached hydrogen (secondary N) is 8. The van der Waals surface area contributed by atoms with Crippen molar-refractivity contribution in [1.82, 2.24) is 41.1 Å². The van der Waals surface area contributed by atoms with Crippen LogP contribution in [-0.2, 0) is 104 Å². The van der Waals surface area contributed by atoms with Gasteiger partial charge in [-0.1, -0.05) is 106 Å². The van der Waals surface area contributed by atoms with Gasteiger partial charge < -0.3 is 50.5 Å². The molecule has 4 fully saturated rings. The summed E-state index contributed by atoms with van der Waals surface area (Å²) in [6.45, 7) is 16.9. The Balaban J connectivity index is 0.000000418. The molecular formula is C63H102Fe2N8O10P2. The Kier molecular flexibility index (Phi) is 37.8. The predicted octanol–water partition coefficient (Wildman–Crippen LogP) is 12.8. The summed E-state index contributed by atoms with van der Waals surface area (Å²) in [6.07, 6.45) is 31.5. The minimum Gasteiger partial charge on any atom is -0.481 e. The van der Waals surface area contributed by atoms with Gasteiger partial charge in [-0.05, 0) is 165 Å². The first kappa shape index (κ1) is 76.9. The van der Waals surface area contributed by atoms with Crippen LogP contribution >= 0.6 is 18.8 Å². The number of carboxylic acids is 2. The fourth-order valence-corrected chi connectivity index (χ4v) is 12.6. The van der Waals surface area contributed by atoms with Crippen molar-refractivity contribution < 1.29 is 82.8 Å². The summed E-state index contributed by atoms with van der Waals surface area (Å²) < 4.78 is 0. The van der Waals surface area contributed by atoms with Crippen molar-refractivity contribution in [2.45, 2.75) is 221 Å². The van der Waals surface area contributed by atoms with Crippen molar-refractivity contribution in [2.24, 2.45) is 41.4 Å². The summed E-state index contributed by atoms with van der Waals surface area (Å²) in [6, 6.07) is 7.88. The van der Waals surface area contributed by atoms with Crippen molar-refractivity contribution in [1.29, 1.82) is 0 Å². The number of hydrogen-bond donors (Lipinski definition) is 10. The second-order valence-corrected chi connectivity index (χ2v) is 24.4. The van der Waals surface area contributed by atoms with Crippen molar-refractivity contribution in [3.05, 3.63) is 82.7 Å². The van der Waals surface area contributed by atoms with Crippen molar-refractivity contribution in [3.63, 3.8) is 0 Å². The molecule has 4 aliphatic carbocycles. The van der Waals surface area contributed by atoms with E-state index in [2.05, 4.69) is 123 Å². The molecule has 22 heteroatoms. The van der Waals surface area contributed by atoms with Gasteiger partial charge in [0.15, 0.2) is 0 Å². The minimum absolute atomic E-state index is 0.